The number of nitrogens with zero attached hydrogens (tertiary/aromatic N) is 1. The van der Waals surface area contributed by atoms with Crippen LogP contribution in [-0.2, 0) is 10.3 Å². The first-order chi connectivity index (χ1) is 12.5. The van der Waals surface area contributed by atoms with Gasteiger partial charge < -0.3 is 24.9 Å². The topological polar surface area (TPSA) is 79.0 Å². The highest BCUT2D eigenvalue weighted by Gasteiger charge is 2.33. The van der Waals surface area contributed by atoms with Crippen molar-refractivity contribution in [2.75, 3.05) is 32.8 Å². The maximum absolute atomic E-state index is 10.6. The summed E-state index contributed by atoms with van der Waals surface area (Å²) in [4.78, 5) is 4.58. The molecule has 1 fully saturated rings. The highest BCUT2D eigenvalue weighted by Crippen LogP contribution is 2.40. The molecule has 3 N–H and O–H groups in total. The van der Waals surface area contributed by atoms with Crippen molar-refractivity contribution in [1.82, 2.24) is 10.6 Å². The first-order valence-electron chi connectivity index (χ1n) is 9.88. The van der Waals surface area contributed by atoms with E-state index in [-0.39, 0.29) is 12.0 Å². The standard InChI is InChI=1S/C20H35N3O3/c1-4-21-18(22-15-19(3,24)17-9-8-13-26-17)23-16-20(10-6-7-11-20)12-14-25-5-2/h8-9,13,24H,4-7,10-12,14-16H2,1-3H3,(H2,21,22,23). The molecule has 1 saturated carbocycles. The Morgan fingerprint density at radius 2 is 2.12 bits per heavy atom. The van der Waals surface area contributed by atoms with Gasteiger partial charge in [0.1, 0.15) is 11.4 Å². The summed E-state index contributed by atoms with van der Waals surface area (Å²) < 4.78 is 10.9. The number of furan rings is 1. The molecule has 6 heteroatoms. The van der Waals surface area contributed by atoms with Crippen molar-refractivity contribution in [3.05, 3.63) is 24.2 Å². The Labute approximate surface area is 157 Å². The molecule has 148 valence electrons. The number of hydrogen-bond acceptors (Lipinski definition) is 4. The molecule has 0 radical (unpaired) electrons. The molecule has 1 atom stereocenters. The maximum Gasteiger partial charge on any atom is 0.191 e. The zero-order valence-corrected chi connectivity index (χ0v) is 16.5. The number of nitrogens with one attached hydrogen (secondary N) is 2. The van der Waals surface area contributed by atoms with Crippen molar-refractivity contribution >= 4 is 5.96 Å². The van der Waals surface area contributed by atoms with E-state index in [0.717, 1.165) is 38.7 Å². The molecule has 0 spiro atoms. The molecule has 1 unspecified atom stereocenters. The van der Waals surface area contributed by atoms with Gasteiger partial charge in [0.25, 0.3) is 0 Å². The lowest BCUT2D eigenvalue weighted by Crippen LogP contribution is -2.44. The van der Waals surface area contributed by atoms with Crippen molar-refractivity contribution in [2.45, 2.75) is 58.5 Å². The number of rotatable bonds is 10. The van der Waals surface area contributed by atoms with Crippen molar-refractivity contribution in [3.63, 3.8) is 0 Å². The fourth-order valence-electron chi connectivity index (χ4n) is 3.58. The van der Waals surface area contributed by atoms with Crippen LogP contribution in [0.4, 0.5) is 0 Å². The largest absolute Gasteiger partial charge is 0.466 e. The normalized spacial score (nSPS) is 19.3. The third kappa shape index (κ3) is 6.02. The van der Waals surface area contributed by atoms with E-state index in [1.165, 1.54) is 25.7 Å². The summed E-state index contributed by atoms with van der Waals surface area (Å²) >= 11 is 0. The van der Waals surface area contributed by atoms with E-state index < -0.39 is 5.60 Å². The molecule has 6 nitrogen and oxygen atoms in total. The van der Waals surface area contributed by atoms with Gasteiger partial charge in [-0.1, -0.05) is 12.8 Å². The summed E-state index contributed by atoms with van der Waals surface area (Å²) in [5, 5.41) is 17.4. The fraction of sp³-hybridized carbons (Fsp3) is 0.750. The Kier molecular flexibility index (Phi) is 7.97. The summed E-state index contributed by atoms with van der Waals surface area (Å²) in [5.41, 5.74) is -0.833. The Morgan fingerprint density at radius 3 is 2.73 bits per heavy atom. The molecule has 1 aliphatic carbocycles. The molecular weight excluding hydrogens is 330 g/mol. The third-order valence-corrected chi connectivity index (χ3v) is 5.22. The van der Waals surface area contributed by atoms with Crippen LogP contribution in [0.1, 0.15) is 58.6 Å². The van der Waals surface area contributed by atoms with Crippen LogP contribution in [0.5, 0.6) is 0 Å². The van der Waals surface area contributed by atoms with Gasteiger partial charge in [-0.05, 0) is 57.6 Å². The molecule has 1 aromatic rings. The van der Waals surface area contributed by atoms with Crippen LogP contribution < -0.4 is 10.6 Å². The second-order valence-corrected chi connectivity index (χ2v) is 7.45. The lowest BCUT2D eigenvalue weighted by atomic mass is 9.83. The minimum Gasteiger partial charge on any atom is -0.466 e. The first kappa shape index (κ1) is 20.8. The predicted octanol–water partition coefficient (Wildman–Crippen LogP) is 3.03. The van der Waals surface area contributed by atoms with Crippen molar-refractivity contribution in [2.24, 2.45) is 10.4 Å². The zero-order chi connectivity index (χ0) is 18.9. The number of aliphatic hydroxyl groups is 1. The molecule has 1 heterocycles. The Bertz CT molecular complexity index is 535. The fourth-order valence-corrected chi connectivity index (χ4v) is 3.58. The average Bonchev–Trinajstić information content (AvgIpc) is 3.30. The van der Waals surface area contributed by atoms with Gasteiger partial charge in [-0.2, -0.15) is 0 Å². The quantitative estimate of drug-likeness (QED) is 0.337. The number of aliphatic imine (C=N–C) groups is 1. The minimum absolute atomic E-state index is 0.238. The van der Waals surface area contributed by atoms with E-state index in [0.29, 0.717) is 5.76 Å². The highest BCUT2D eigenvalue weighted by molar-refractivity contribution is 5.79. The molecule has 0 aliphatic heterocycles. The van der Waals surface area contributed by atoms with E-state index in [9.17, 15) is 5.11 Å². The van der Waals surface area contributed by atoms with Gasteiger partial charge in [0.15, 0.2) is 5.96 Å². The van der Waals surface area contributed by atoms with E-state index in [4.69, 9.17) is 9.15 Å². The molecule has 2 rings (SSSR count). The number of ether oxygens (including phenoxy) is 1. The number of guanidine groups is 1. The zero-order valence-electron chi connectivity index (χ0n) is 16.5. The summed E-state index contributed by atoms with van der Waals surface area (Å²) in [6, 6.07) is 3.55. The van der Waals surface area contributed by atoms with Crippen molar-refractivity contribution in [1.29, 1.82) is 0 Å². The lowest BCUT2D eigenvalue weighted by molar-refractivity contribution is 0.0436. The van der Waals surface area contributed by atoms with Crippen LogP contribution in [0.3, 0.4) is 0 Å². The Balaban J connectivity index is 1.95. The molecule has 0 saturated heterocycles. The van der Waals surface area contributed by atoms with Crippen LogP contribution >= 0.6 is 0 Å². The molecule has 0 bridgehead atoms. The maximum atomic E-state index is 10.6. The molecule has 0 amide bonds. The van der Waals surface area contributed by atoms with Gasteiger partial charge in [-0.25, -0.2) is 4.99 Å². The van der Waals surface area contributed by atoms with Gasteiger partial charge in [0.05, 0.1) is 12.8 Å². The van der Waals surface area contributed by atoms with Crippen molar-refractivity contribution in [3.8, 4) is 0 Å². The van der Waals surface area contributed by atoms with E-state index >= 15 is 0 Å². The van der Waals surface area contributed by atoms with Crippen LogP contribution in [-0.4, -0.2) is 43.9 Å². The summed E-state index contributed by atoms with van der Waals surface area (Å²) in [6.45, 7) is 9.30. The third-order valence-electron chi connectivity index (χ3n) is 5.22. The summed E-state index contributed by atoms with van der Waals surface area (Å²) in [5.74, 6) is 1.27. The monoisotopic (exact) mass is 365 g/mol. The molecule has 1 aromatic heterocycles. The van der Waals surface area contributed by atoms with E-state index in [1.807, 2.05) is 13.8 Å². The predicted molar refractivity (Wildman–Crippen MR) is 104 cm³/mol. The minimum atomic E-state index is -1.12. The van der Waals surface area contributed by atoms with Crippen LogP contribution in [0.2, 0.25) is 0 Å². The van der Waals surface area contributed by atoms with Gasteiger partial charge in [-0.3, -0.25) is 0 Å². The van der Waals surface area contributed by atoms with Gasteiger partial charge >= 0.3 is 0 Å². The SMILES string of the molecule is CCNC(=NCC(C)(O)c1ccco1)NCC1(CCOCC)CCCC1. The highest BCUT2D eigenvalue weighted by atomic mass is 16.5. The summed E-state index contributed by atoms with van der Waals surface area (Å²) in [7, 11) is 0. The van der Waals surface area contributed by atoms with E-state index in [1.54, 1.807) is 25.3 Å². The van der Waals surface area contributed by atoms with Crippen LogP contribution in [0, 0.1) is 5.41 Å². The van der Waals surface area contributed by atoms with Crippen LogP contribution in [0.25, 0.3) is 0 Å². The first-order valence-corrected chi connectivity index (χ1v) is 9.88. The average molecular weight is 366 g/mol. The molecule has 26 heavy (non-hydrogen) atoms. The molecule has 1 aliphatic rings. The smallest absolute Gasteiger partial charge is 0.191 e. The van der Waals surface area contributed by atoms with Crippen molar-refractivity contribution < 1.29 is 14.3 Å². The van der Waals surface area contributed by atoms with Crippen LogP contribution in [0.15, 0.2) is 27.8 Å². The number of hydrogen-bond donors (Lipinski definition) is 3. The lowest BCUT2D eigenvalue weighted by Gasteiger charge is -2.30. The van der Waals surface area contributed by atoms with Gasteiger partial charge in [-0.15, -0.1) is 0 Å². The Hall–Kier alpha value is -1.53. The van der Waals surface area contributed by atoms with E-state index in [2.05, 4.69) is 15.6 Å². The second kappa shape index (κ2) is 9.97. The van der Waals surface area contributed by atoms with Gasteiger partial charge in [0, 0.05) is 26.3 Å². The Morgan fingerprint density at radius 1 is 1.35 bits per heavy atom. The second-order valence-electron chi connectivity index (χ2n) is 7.45. The summed E-state index contributed by atoms with van der Waals surface area (Å²) in [6.07, 6.45) is 7.69. The molecular formula is C20H35N3O3. The molecule has 0 aromatic carbocycles. The van der Waals surface area contributed by atoms with Gasteiger partial charge in [0.2, 0.25) is 0 Å².